The molecule has 0 bridgehead atoms. The molecular formula is C11H14FN3. The standard InChI is InChI=1S/C11H14FN3/c12-10-2-1-3-14-11(10)15-6-8-4-13-5-9(8)7-15/h1-3,8-9,13H,4-7H2. The van der Waals surface area contributed by atoms with Gasteiger partial charge in [-0.15, -0.1) is 0 Å². The smallest absolute Gasteiger partial charge is 0.165 e. The summed E-state index contributed by atoms with van der Waals surface area (Å²) < 4.78 is 13.5. The van der Waals surface area contributed by atoms with Crippen LogP contribution in [0.25, 0.3) is 0 Å². The van der Waals surface area contributed by atoms with Crippen LogP contribution in [0, 0.1) is 17.7 Å². The van der Waals surface area contributed by atoms with Gasteiger partial charge in [-0.1, -0.05) is 0 Å². The number of halogens is 1. The van der Waals surface area contributed by atoms with Crippen molar-refractivity contribution in [1.82, 2.24) is 10.3 Å². The minimum Gasteiger partial charge on any atom is -0.354 e. The number of aromatic nitrogens is 1. The van der Waals surface area contributed by atoms with Gasteiger partial charge in [-0.25, -0.2) is 9.37 Å². The Hall–Kier alpha value is -1.16. The quantitative estimate of drug-likeness (QED) is 0.741. The van der Waals surface area contributed by atoms with Crippen LogP contribution >= 0.6 is 0 Å². The summed E-state index contributed by atoms with van der Waals surface area (Å²) in [5, 5.41) is 3.37. The molecule has 3 rings (SSSR count). The summed E-state index contributed by atoms with van der Waals surface area (Å²) in [6.45, 7) is 4.00. The van der Waals surface area contributed by atoms with Crippen molar-refractivity contribution in [1.29, 1.82) is 0 Å². The molecule has 2 saturated heterocycles. The first-order valence-electron chi connectivity index (χ1n) is 5.41. The minimum absolute atomic E-state index is 0.203. The topological polar surface area (TPSA) is 28.2 Å². The first-order chi connectivity index (χ1) is 7.34. The van der Waals surface area contributed by atoms with Crippen molar-refractivity contribution in [2.75, 3.05) is 31.1 Å². The number of hydrogen-bond acceptors (Lipinski definition) is 3. The Morgan fingerprint density at radius 1 is 1.33 bits per heavy atom. The van der Waals surface area contributed by atoms with Gasteiger partial charge in [-0.05, 0) is 24.0 Å². The predicted molar refractivity (Wildman–Crippen MR) is 56.3 cm³/mol. The zero-order valence-corrected chi connectivity index (χ0v) is 8.49. The average Bonchev–Trinajstić information content (AvgIpc) is 2.77. The Morgan fingerprint density at radius 2 is 2.07 bits per heavy atom. The van der Waals surface area contributed by atoms with Gasteiger partial charge in [0.2, 0.25) is 0 Å². The van der Waals surface area contributed by atoms with Gasteiger partial charge >= 0.3 is 0 Å². The average molecular weight is 207 g/mol. The predicted octanol–water partition coefficient (Wildman–Crippen LogP) is 0.876. The van der Waals surface area contributed by atoms with E-state index < -0.39 is 0 Å². The van der Waals surface area contributed by atoms with Crippen LogP contribution in [0.2, 0.25) is 0 Å². The van der Waals surface area contributed by atoms with Gasteiger partial charge in [0.15, 0.2) is 11.6 Å². The molecule has 0 saturated carbocycles. The molecule has 2 fully saturated rings. The van der Waals surface area contributed by atoms with E-state index in [0.29, 0.717) is 17.7 Å². The van der Waals surface area contributed by atoms with E-state index in [4.69, 9.17) is 0 Å². The second-order valence-corrected chi connectivity index (χ2v) is 4.39. The Bertz CT molecular complexity index is 357. The molecule has 1 aromatic rings. The summed E-state index contributed by atoms with van der Waals surface area (Å²) in [7, 11) is 0. The maximum Gasteiger partial charge on any atom is 0.165 e. The molecule has 15 heavy (non-hydrogen) atoms. The van der Waals surface area contributed by atoms with E-state index in [2.05, 4.69) is 15.2 Å². The molecule has 2 atom stereocenters. The van der Waals surface area contributed by atoms with Crippen molar-refractivity contribution in [3.8, 4) is 0 Å². The lowest BCUT2D eigenvalue weighted by Crippen LogP contribution is -2.26. The molecule has 2 aliphatic heterocycles. The first kappa shape index (κ1) is 9.09. The van der Waals surface area contributed by atoms with Gasteiger partial charge in [0.25, 0.3) is 0 Å². The third kappa shape index (κ3) is 1.49. The fourth-order valence-electron chi connectivity index (χ4n) is 2.64. The largest absolute Gasteiger partial charge is 0.354 e. The summed E-state index contributed by atoms with van der Waals surface area (Å²) in [6.07, 6.45) is 1.66. The molecular weight excluding hydrogens is 193 g/mol. The van der Waals surface area contributed by atoms with Crippen LogP contribution < -0.4 is 10.2 Å². The van der Waals surface area contributed by atoms with Crippen LogP contribution in [0.5, 0.6) is 0 Å². The van der Waals surface area contributed by atoms with Crippen molar-refractivity contribution in [2.45, 2.75) is 0 Å². The highest BCUT2D eigenvalue weighted by molar-refractivity contribution is 5.41. The molecule has 3 heterocycles. The third-order valence-corrected chi connectivity index (χ3v) is 3.43. The van der Waals surface area contributed by atoms with Crippen molar-refractivity contribution in [3.63, 3.8) is 0 Å². The maximum absolute atomic E-state index is 13.5. The molecule has 0 amide bonds. The van der Waals surface area contributed by atoms with Crippen molar-refractivity contribution in [3.05, 3.63) is 24.1 Å². The van der Waals surface area contributed by atoms with E-state index in [-0.39, 0.29) is 5.82 Å². The molecule has 0 aliphatic carbocycles. The van der Waals surface area contributed by atoms with E-state index in [9.17, 15) is 4.39 Å². The first-order valence-corrected chi connectivity index (χ1v) is 5.41. The van der Waals surface area contributed by atoms with Crippen LogP contribution in [-0.2, 0) is 0 Å². The molecule has 1 N–H and O–H groups in total. The Labute approximate surface area is 88.3 Å². The number of nitrogens with one attached hydrogen (secondary N) is 1. The van der Waals surface area contributed by atoms with E-state index in [1.54, 1.807) is 12.3 Å². The van der Waals surface area contributed by atoms with Crippen molar-refractivity contribution >= 4 is 5.82 Å². The lowest BCUT2D eigenvalue weighted by Gasteiger charge is -2.18. The molecule has 3 nitrogen and oxygen atoms in total. The monoisotopic (exact) mass is 207 g/mol. The zero-order chi connectivity index (χ0) is 10.3. The highest BCUT2D eigenvalue weighted by atomic mass is 19.1. The fourth-order valence-corrected chi connectivity index (χ4v) is 2.64. The van der Waals surface area contributed by atoms with E-state index in [1.165, 1.54) is 6.07 Å². The lowest BCUT2D eigenvalue weighted by molar-refractivity contribution is 0.533. The number of pyridine rings is 1. The summed E-state index contributed by atoms with van der Waals surface area (Å²) in [6, 6.07) is 3.12. The maximum atomic E-state index is 13.5. The fraction of sp³-hybridized carbons (Fsp3) is 0.545. The second kappa shape index (κ2) is 3.45. The third-order valence-electron chi connectivity index (χ3n) is 3.43. The van der Waals surface area contributed by atoms with Crippen LogP contribution in [-0.4, -0.2) is 31.2 Å². The van der Waals surface area contributed by atoms with Gasteiger partial charge in [0, 0.05) is 32.4 Å². The van der Waals surface area contributed by atoms with E-state index >= 15 is 0 Å². The number of rotatable bonds is 1. The summed E-state index contributed by atoms with van der Waals surface area (Å²) in [4.78, 5) is 6.19. The van der Waals surface area contributed by atoms with E-state index in [0.717, 1.165) is 26.2 Å². The number of fused-ring (bicyclic) bond motifs is 1. The molecule has 2 aliphatic rings. The normalized spacial score (nSPS) is 29.5. The Kier molecular flexibility index (Phi) is 2.09. The van der Waals surface area contributed by atoms with Crippen LogP contribution in [0.3, 0.4) is 0 Å². The van der Waals surface area contributed by atoms with Gasteiger partial charge in [-0.3, -0.25) is 0 Å². The molecule has 0 aromatic carbocycles. The summed E-state index contributed by atoms with van der Waals surface area (Å²) in [5.74, 6) is 1.66. The molecule has 4 heteroatoms. The lowest BCUT2D eigenvalue weighted by atomic mass is 10.0. The SMILES string of the molecule is Fc1cccnc1N1CC2CNCC2C1. The number of nitrogens with zero attached hydrogens (tertiary/aromatic N) is 2. The summed E-state index contributed by atoms with van der Waals surface area (Å²) >= 11 is 0. The van der Waals surface area contributed by atoms with Gasteiger partial charge in [0.05, 0.1) is 0 Å². The van der Waals surface area contributed by atoms with Crippen LogP contribution in [0.15, 0.2) is 18.3 Å². The highest BCUT2D eigenvalue weighted by Crippen LogP contribution is 2.30. The van der Waals surface area contributed by atoms with E-state index in [1.807, 2.05) is 0 Å². The van der Waals surface area contributed by atoms with Crippen molar-refractivity contribution in [2.24, 2.45) is 11.8 Å². The second-order valence-electron chi connectivity index (χ2n) is 4.39. The molecule has 0 spiro atoms. The molecule has 80 valence electrons. The number of anilines is 1. The molecule has 2 unspecified atom stereocenters. The van der Waals surface area contributed by atoms with Gasteiger partial charge < -0.3 is 10.2 Å². The summed E-state index contributed by atoms with van der Waals surface area (Å²) in [5.41, 5.74) is 0. The minimum atomic E-state index is -0.203. The van der Waals surface area contributed by atoms with Crippen molar-refractivity contribution < 1.29 is 4.39 Å². The van der Waals surface area contributed by atoms with Crippen LogP contribution in [0.4, 0.5) is 10.2 Å². The Balaban J connectivity index is 1.82. The van der Waals surface area contributed by atoms with Gasteiger partial charge in [-0.2, -0.15) is 0 Å². The zero-order valence-electron chi connectivity index (χ0n) is 8.49. The molecule has 1 aromatic heterocycles. The number of hydrogen-bond donors (Lipinski definition) is 1. The molecule has 0 radical (unpaired) electrons. The van der Waals surface area contributed by atoms with Gasteiger partial charge in [0.1, 0.15) is 0 Å². The Morgan fingerprint density at radius 3 is 2.73 bits per heavy atom. The highest BCUT2D eigenvalue weighted by Gasteiger charge is 2.37. The van der Waals surface area contributed by atoms with Crippen LogP contribution in [0.1, 0.15) is 0 Å².